The zero-order valence-corrected chi connectivity index (χ0v) is 10.8. The molecular weight excluding hydrogens is 196 g/mol. The first kappa shape index (κ1) is 11.2. The first-order valence-electron chi connectivity index (χ1n) is 5.98. The molecule has 2 aromatic rings. The van der Waals surface area contributed by atoms with E-state index in [0.29, 0.717) is 12.0 Å². The van der Waals surface area contributed by atoms with Crippen LogP contribution in [0.2, 0.25) is 0 Å². The Morgan fingerprint density at radius 3 is 2.38 bits per heavy atom. The Morgan fingerprint density at radius 1 is 1.12 bits per heavy atom. The first-order valence-corrected chi connectivity index (χ1v) is 5.98. The zero-order chi connectivity index (χ0) is 11.9. The van der Waals surface area contributed by atoms with Gasteiger partial charge in [0, 0.05) is 11.4 Å². The van der Waals surface area contributed by atoms with Crippen molar-refractivity contribution in [2.24, 2.45) is 0 Å². The van der Waals surface area contributed by atoms with Crippen molar-refractivity contribution in [1.82, 2.24) is 9.78 Å². The van der Waals surface area contributed by atoms with E-state index in [0.717, 1.165) is 0 Å². The predicted octanol–water partition coefficient (Wildman–Crippen LogP) is 4.05. The van der Waals surface area contributed by atoms with Crippen LogP contribution < -0.4 is 0 Å². The smallest absolute Gasteiger partial charge is 0.0720 e. The number of aryl methyl sites for hydroxylation is 1. The molecule has 0 saturated carbocycles. The van der Waals surface area contributed by atoms with E-state index in [4.69, 9.17) is 0 Å². The van der Waals surface area contributed by atoms with Gasteiger partial charge in [-0.15, -0.1) is 0 Å². The molecular formula is C14H20N2. The quantitative estimate of drug-likeness (QED) is 0.740. The zero-order valence-electron chi connectivity index (χ0n) is 10.8. The van der Waals surface area contributed by atoms with Gasteiger partial charge in [0.25, 0.3) is 0 Å². The molecule has 0 spiro atoms. The summed E-state index contributed by atoms with van der Waals surface area (Å²) in [7, 11) is 0. The predicted molar refractivity (Wildman–Crippen MR) is 68.9 cm³/mol. The van der Waals surface area contributed by atoms with Gasteiger partial charge in [0.05, 0.1) is 11.7 Å². The van der Waals surface area contributed by atoms with Crippen LogP contribution >= 0.6 is 0 Å². The maximum atomic E-state index is 4.50. The van der Waals surface area contributed by atoms with Crippen LogP contribution in [0.3, 0.4) is 0 Å². The summed E-state index contributed by atoms with van der Waals surface area (Å²) in [6.07, 6.45) is 1.98. The third-order valence-corrected chi connectivity index (χ3v) is 2.97. The number of nitrogens with zero attached hydrogens (tertiary/aromatic N) is 2. The van der Waals surface area contributed by atoms with Gasteiger partial charge >= 0.3 is 0 Å². The van der Waals surface area contributed by atoms with Crippen molar-refractivity contribution >= 4 is 10.9 Å². The summed E-state index contributed by atoms with van der Waals surface area (Å²) in [5.41, 5.74) is 4.02. The van der Waals surface area contributed by atoms with Gasteiger partial charge in [-0.3, -0.25) is 4.68 Å². The van der Waals surface area contributed by atoms with Crippen LogP contribution in [0.25, 0.3) is 10.9 Å². The Kier molecular flexibility index (Phi) is 2.75. The standard InChI is InChI=1S/C14H20N2/c1-9(2)13-7-11(5)6-12-8-15-16(10(3)4)14(12)13/h6-10H,1-5H3. The summed E-state index contributed by atoms with van der Waals surface area (Å²) in [5, 5.41) is 5.76. The molecule has 1 heterocycles. The van der Waals surface area contributed by atoms with Crippen LogP contribution in [0.1, 0.15) is 50.8 Å². The fraction of sp³-hybridized carbons (Fsp3) is 0.500. The number of benzene rings is 1. The number of hydrogen-bond donors (Lipinski definition) is 0. The molecule has 16 heavy (non-hydrogen) atoms. The molecule has 2 nitrogen and oxygen atoms in total. The van der Waals surface area contributed by atoms with Gasteiger partial charge < -0.3 is 0 Å². The molecule has 0 aliphatic carbocycles. The van der Waals surface area contributed by atoms with Crippen LogP contribution in [0.15, 0.2) is 18.3 Å². The largest absolute Gasteiger partial charge is 0.262 e. The molecule has 0 N–H and O–H groups in total. The summed E-state index contributed by atoms with van der Waals surface area (Å²) >= 11 is 0. The van der Waals surface area contributed by atoms with Crippen molar-refractivity contribution in [3.8, 4) is 0 Å². The van der Waals surface area contributed by atoms with E-state index in [2.05, 4.69) is 56.5 Å². The van der Waals surface area contributed by atoms with E-state index >= 15 is 0 Å². The van der Waals surface area contributed by atoms with E-state index in [1.807, 2.05) is 6.20 Å². The second-order valence-corrected chi connectivity index (χ2v) is 5.13. The maximum absolute atomic E-state index is 4.50. The van der Waals surface area contributed by atoms with Crippen LogP contribution in [0, 0.1) is 6.92 Å². The van der Waals surface area contributed by atoms with E-state index in [1.54, 1.807) is 0 Å². The molecule has 1 aromatic carbocycles. The van der Waals surface area contributed by atoms with Gasteiger partial charge in [0.15, 0.2) is 0 Å². The minimum atomic E-state index is 0.415. The average molecular weight is 216 g/mol. The molecule has 1 aromatic heterocycles. The monoisotopic (exact) mass is 216 g/mol. The molecule has 0 aliphatic rings. The Hall–Kier alpha value is -1.31. The van der Waals surface area contributed by atoms with Crippen LogP contribution in [-0.4, -0.2) is 9.78 Å². The van der Waals surface area contributed by atoms with Gasteiger partial charge in [-0.2, -0.15) is 5.10 Å². The molecule has 2 heteroatoms. The summed E-state index contributed by atoms with van der Waals surface area (Å²) in [6.45, 7) is 11.0. The second kappa shape index (κ2) is 3.93. The minimum absolute atomic E-state index is 0.415. The number of rotatable bonds is 2. The van der Waals surface area contributed by atoms with Crippen molar-refractivity contribution in [3.63, 3.8) is 0 Å². The van der Waals surface area contributed by atoms with Crippen molar-refractivity contribution in [1.29, 1.82) is 0 Å². The fourth-order valence-electron chi connectivity index (χ4n) is 2.21. The molecule has 0 atom stereocenters. The molecule has 0 saturated heterocycles. The van der Waals surface area contributed by atoms with Gasteiger partial charge in [0.1, 0.15) is 0 Å². The summed E-state index contributed by atoms with van der Waals surface area (Å²) in [5.74, 6) is 0.539. The normalized spacial score (nSPS) is 11.9. The van der Waals surface area contributed by atoms with Crippen molar-refractivity contribution in [3.05, 3.63) is 29.5 Å². The SMILES string of the molecule is Cc1cc(C(C)C)c2c(cnn2C(C)C)c1. The minimum Gasteiger partial charge on any atom is -0.262 e. The fourth-order valence-corrected chi connectivity index (χ4v) is 2.21. The van der Waals surface area contributed by atoms with E-state index in [9.17, 15) is 0 Å². The van der Waals surface area contributed by atoms with Crippen LogP contribution in [0.4, 0.5) is 0 Å². The third kappa shape index (κ3) is 1.73. The molecule has 0 radical (unpaired) electrons. The second-order valence-electron chi connectivity index (χ2n) is 5.13. The number of hydrogen-bond acceptors (Lipinski definition) is 1. The summed E-state index contributed by atoms with van der Waals surface area (Å²) in [6, 6.07) is 4.92. The third-order valence-electron chi connectivity index (χ3n) is 2.97. The molecule has 86 valence electrons. The average Bonchev–Trinajstić information content (AvgIpc) is 2.59. The lowest BCUT2D eigenvalue weighted by Crippen LogP contribution is -2.05. The molecule has 0 fully saturated rings. The van der Waals surface area contributed by atoms with Crippen molar-refractivity contribution in [2.45, 2.75) is 46.6 Å². The molecule has 0 bridgehead atoms. The highest BCUT2D eigenvalue weighted by molar-refractivity contribution is 5.83. The number of aromatic nitrogens is 2. The van der Waals surface area contributed by atoms with Crippen LogP contribution in [-0.2, 0) is 0 Å². The molecule has 0 unspecified atom stereocenters. The molecule has 2 rings (SSSR count). The van der Waals surface area contributed by atoms with Gasteiger partial charge in [-0.25, -0.2) is 0 Å². The Balaban J connectivity index is 2.79. The molecule has 0 amide bonds. The van der Waals surface area contributed by atoms with Crippen LogP contribution in [0.5, 0.6) is 0 Å². The van der Waals surface area contributed by atoms with Gasteiger partial charge in [-0.1, -0.05) is 25.5 Å². The van der Waals surface area contributed by atoms with Gasteiger partial charge in [-0.05, 0) is 38.3 Å². The first-order chi connectivity index (χ1) is 7.50. The Bertz CT molecular complexity index is 507. The highest BCUT2D eigenvalue weighted by Crippen LogP contribution is 2.28. The number of fused-ring (bicyclic) bond motifs is 1. The lowest BCUT2D eigenvalue weighted by Gasteiger charge is -2.14. The summed E-state index contributed by atoms with van der Waals surface area (Å²) < 4.78 is 2.13. The van der Waals surface area contributed by atoms with E-state index in [1.165, 1.54) is 22.0 Å². The lowest BCUT2D eigenvalue weighted by molar-refractivity contribution is 0.548. The lowest BCUT2D eigenvalue weighted by atomic mass is 9.98. The Morgan fingerprint density at radius 2 is 1.81 bits per heavy atom. The van der Waals surface area contributed by atoms with E-state index < -0.39 is 0 Å². The highest BCUT2D eigenvalue weighted by Gasteiger charge is 2.13. The van der Waals surface area contributed by atoms with Gasteiger partial charge in [0.2, 0.25) is 0 Å². The molecule has 0 aliphatic heterocycles. The maximum Gasteiger partial charge on any atom is 0.0720 e. The topological polar surface area (TPSA) is 17.8 Å². The highest BCUT2D eigenvalue weighted by atomic mass is 15.3. The van der Waals surface area contributed by atoms with E-state index in [-0.39, 0.29) is 0 Å². The van der Waals surface area contributed by atoms with Crippen molar-refractivity contribution in [2.75, 3.05) is 0 Å². The Labute approximate surface area is 97.3 Å². The van der Waals surface area contributed by atoms with Crippen molar-refractivity contribution < 1.29 is 0 Å². The summed E-state index contributed by atoms with van der Waals surface area (Å²) in [4.78, 5) is 0.